The van der Waals surface area contributed by atoms with E-state index in [9.17, 15) is 14.3 Å². The molecule has 2 N–H and O–H groups in total. The van der Waals surface area contributed by atoms with Crippen LogP contribution >= 0.6 is 0 Å². The lowest BCUT2D eigenvalue weighted by atomic mass is 9.98. The molecule has 0 aliphatic carbocycles. The summed E-state index contributed by atoms with van der Waals surface area (Å²) in [5, 5.41) is 16.3. The van der Waals surface area contributed by atoms with E-state index in [2.05, 4.69) is 10.2 Å². The van der Waals surface area contributed by atoms with E-state index in [-0.39, 0.29) is 23.4 Å². The Labute approximate surface area is 150 Å². The molecule has 6 heteroatoms. The Kier molecular flexibility index (Phi) is 4.16. The number of hydrogen-bond donors (Lipinski definition) is 2. The molecule has 1 aliphatic heterocycles. The Morgan fingerprint density at radius 3 is 2.73 bits per heavy atom. The number of benzene rings is 2. The van der Waals surface area contributed by atoms with Gasteiger partial charge in [0.15, 0.2) is 0 Å². The number of carbonyl (C=O) groups is 1. The molecule has 1 saturated heterocycles. The van der Waals surface area contributed by atoms with E-state index in [0.717, 1.165) is 12.0 Å². The molecule has 0 saturated carbocycles. The van der Waals surface area contributed by atoms with Gasteiger partial charge in [-0.3, -0.25) is 9.89 Å². The normalized spacial score (nSPS) is 16.8. The minimum atomic E-state index is -0.219. The van der Waals surface area contributed by atoms with Gasteiger partial charge in [0.05, 0.1) is 5.69 Å². The summed E-state index contributed by atoms with van der Waals surface area (Å²) in [7, 11) is 0. The van der Waals surface area contributed by atoms with Crippen molar-refractivity contribution in [1.82, 2.24) is 15.1 Å². The van der Waals surface area contributed by atoms with Crippen molar-refractivity contribution in [2.45, 2.75) is 12.3 Å². The lowest BCUT2D eigenvalue weighted by Crippen LogP contribution is -2.28. The second-order valence-electron chi connectivity index (χ2n) is 6.47. The van der Waals surface area contributed by atoms with Gasteiger partial charge in [-0.2, -0.15) is 5.10 Å². The molecule has 3 aromatic rings. The zero-order valence-electron chi connectivity index (χ0n) is 14.0. The monoisotopic (exact) mass is 351 g/mol. The first-order valence-electron chi connectivity index (χ1n) is 8.50. The third kappa shape index (κ3) is 3.06. The second kappa shape index (κ2) is 6.63. The van der Waals surface area contributed by atoms with E-state index in [0.29, 0.717) is 30.0 Å². The molecule has 0 spiro atoms. The van der Waals surface area contributed by atoms with Crippen molar-refractivity contribution < 1.29 is 14.3 Å². The van der Waals surface area contributed by atoms with Crippen LogP contribution in [0, 0.1) is 5.82 Å². The summed E-state index contributed by atoms with van der Waals surface area (Å²) in [6.07, 6.45) is 0.742. The number of H-pyrrole nitrogens is 1. The molecule has 0 unspecified atom stereocenters. The van der Waals surface area contributed by atoms with Gasteiger partial charge in [-0.25, -0.2) is 4.39 Å². The molecule has 1 aromatic heterocycles. The average Bonchev–Trinajstić information content (AvgIpc) is 3.32. The van der Waals surface area contributed by atoms with E-state index in [1.54, 1.807) is 47.4 Å². The lowest BCUT2D eigenvalue weighted by molar-refractivity contribution is 0.0785. The third-order valence-corrected chi connectivity index (χ3v) is 4.79. The Morgan fingerprint density at radius 1 is 1.19 bits per heavy atom. The van der Waals surface area contributed by atoms with Gasteiger partial charge < -0.3 is 10.0 Å². The summed E-state index contributed by atoms with van der Waals surface area (Å²) in [4.78, 5) is 14.5. The molecule has 2 aromatic carbocycles. The van der Waals surface area contributed by atoms with Crippen LogP contribution in [0.15, 0.2) is 54.6 Å². The molecule has 1 fully saturated rings. The number of aromatic amines is 1. The number of carbonyl (C=O) groups excluding carboxylic acids is 1. The molecular weight excluding hydrogens is 333 g/mol. The number of nitrogens with one attached hydrogen (secondary N) is 1. The smallest absolute Gasteiger partial charge is 0.271 e. The van der Waals surface area contributed by atoms with Crippen LogP contribution < -0.4 is 0 Å². The zero-order chi connectivity index (χ0) is 18.1. The molecule has 132 valence electrons. The van der Waals surface area contributed by atoms with Crippen molar-refractivity contribution in [1.29, 1.82) is 0 Å². The minimum Gasteiger partial charge on any atom is -0.508 e. The highest BCUT2D eigenvalue weighted by molar-refractivity contribution is 5.93. The largest absolute Gasteiger partial charge is 0.508 e. The van der Waals surface area contributed by atoms with Crippen LogP contribution in [-0.4, -0.2) is 39.2 Å². The zero-order valence-corrected chi connectivity index (χ0v) is 14.0. The fourth-order valence-corrected chi connectivity index (χ4v) is 3.39. The molecule has 1 amide bonds. The first-order valence-corrected chi connectivity index (χ1v) is 8.50. The van der Waals surface area contributed by atoms with E-state index in [4.69, 9.17) is 0 Å². The van der Waals surface area contributed by atoms with Gasteiger partial charge in [-0.1, -0.05) is 18.2 Å². The SMILES string of the molecule is O=C(c1cc(-c2ccc(O)cc2)n[nH]1)N1CC[C@H](c2ccccc2F)C1. The topological polar surface area (TPSA) is 69.2 Å². The first-order chi connectivity index (χ1) is 12.6. The van der Waals surface area contributed by atoms with Crippen molar-refractivity contribution in [3.8, 4) is 17.0 Å². The van der Waals surface area contributed by atoms with E-state index < -0.39 is 0 Å². The summed E-state index contributed by atoms with van der Waals surface area (Å²) in [6.45, 7) is 1.08. The Balaban J connectivity index is 1.49. The number of halogens is 1. The highest BCUT2D eigenvalue weighted by Gasteiger charge is 2.30. The van der Waals surface area contributed by atoms with Gasteiger partial charge in [-0.05, 0) is 48.4 Å². The number of likely N-dealkylation sites (tertiary alicyclic amines) is 1. The van der Waals surface area contributed by atoms with Gasteiger partial charge >= 0.3 is 0 Å². The number of amides is 1. The number of nitrogens with zero attached hydrogens (tertiary/aromatic N) is 2. The predicted molar refractivity (Wildman–Crippen MR) is 95.4 cm³/mol. The van der Waals surface area contributed by atoms with E-state index >= 15 is 0 Å². The summed E-state index contributed by atoms with van der Waals surface area (Å²) >= 11 is 0. The molecule has 5 nitrogen and oxygen atoms in total. The van der Waals surface area contributed by atoms with Crippen molar-refractivity contribution in [2.75, 3.05) is 13.1 Å². The summed E-state index contributed by atoms with van der Waals surface area (Å²) < 4.78 is 14.0. The molecule has 26 heavy (non-hydrogen) atoms. The fourth-order valence-electron chi connectivity index (χ4n) is 3.39. The highest BCUT2D eigenvalue weighted by Crippen LogP contribution is 2.30. The van der Waals surface area contributed by atoms with Crippen molar-refractivity contribution in [2.24, 2.45) is 0 Å². The molecule has 0 bridgehead atoms. The summed E-state index contributed by atoms with van der Waals surface area (Å²) in [5.74, 6) is -0.166. The van der Waals surface area contributed by atoms with Crippen LogP contribution in [0.2, 0.25) is 0 Å². The third-order valence-electron chi connectivity index (χ3n) is 4.79. The molecular formula is C20H18FN3O2. The van der Waals surface area contributed by atoms with E-state index in [1.165, 1.54) is 6.07 Å². The highest BCUT2D eigenvalue weighted by atomic mass is 19.1. The summed E-state index contributed by atoms with van der Waals surface area (Å²) in [6, 6.07) is 15.1. The van der Waals surface area contributed by atoms with Gasteiger partial charge in [-0.15, -0.1) is 0 Å². The second-order valence-corrected chi connectivity index (χ2v) is 6.47. The van der Waals surface area contributed by atoms with Crippen LogP contribution in [0.5, 0.6) is 5.75 Å². The number of phenols is 1. The Hall–Kier alpha value is -3.15. The maximum Gasteiger partial charge on any atom is 0.271 e. The van der Waals surface area contributed by atoms with Gasteiger partial charge in [0, 0.05) is 24.6 Å². The number of phenolic OH excluding ortho intramolecular Hbond substituents is 1. The number of aromatic nitrogens is 2. The fraction of sp³-hybridized carbons (Fsp3) is 0.200. The molecule has 2 heterocycles. The van der Waals surface area contributed by atoms with Gasteiger partial charge in [0.25, 0.3) is 5.91 Å². The lowest BCUT2D eigenvalue weighted by Gasteiger charge is -2.16. The van der Waals surface area contributed by atoms with Crippen LogP contribution in [0.3, 0.4) is 0 Å². The van der Waals surface area contributed by atoms with E-state index in [1.807, 2.05) is 6.07 Å². The van der Waals surface area contributed by atoms with Gasteiger partial charge in [0.2, 0.25) is 0 Å². The summed E-state index contributed by atoms with van der Waals surface area (Å²) in [5.41, 5.74) is 2.52. The van der Waals surface area contributed by atoms with Gasteiger partial charge in [0.1, 0.15) is 17.3 Å². The quantitative estimate of drug-likeness (QED) is 0.758. The molecule has 4 rings (SSSR count). The standard InChI is InChI=1S/C20H18FN3O2/c21-17-4-2-1-3-16(17)14-9-10-24(12-14)20(26)19-11-18(22-23-19)13-5-7-15(25)8-6-13/h1-8,11,14,25H,9-10,12H2,(H,22,23)/t14-/m0/s1. The predicted octanol–water partition coefficient (Wildman–Crippen LogP) is 3.55. The molecule has 0 radical (unpaired) electrons. The van der Waals surface area contributed by atoms with Crippen molar-refractivity contribution in [3.63, 3.8) is 0 Å². The van der Waals surface area contributed by atoms with Crippen LogP contribution in [0.25, 0.3) is 11.3 Å². The van der Waals surface area contributed by atoms with Crippen molar-refractivity contribution >= 4 is 5.91 Å². The maximum absolute atomic E-state index is 14.0. The number of hydrogen-bond acceptors (Lipinski definition) is 3. The first kappa shape index (κ1) is 16.3. The molecule has 1 atom stereocenters. The minimum absolute atomic E-state index is 0.0136. The van der Waals surface area contributed by atoms with Crippen LogP contribution in [0.1, 0.15) is 28.4 Å². The molecule has 1 aliphatic rings. The average molecular weight is 351 g/mol. The number of rotatable bonds is 3. The maximum atomic E-state index is 14.0. The van der Waals surface area contributed by atoms with Crippen LogP contribution in [0.4, 0.5) is 4.39 Å². The number of aromatic hydroxyl groups is 1. The Morgan fingerprint density at radius 2 is 1.96 bits per heavy atom. The van der Waals surface area contributed by atoms with Crippen molar-refractivity contribution in [3.05, 3.63) is 71.7 Å². The Bertz CT molecular complexity index is 936. The van der Waals surface area contributed by atoms with Crippen LogP contribution in [-0.2, 0) is 0 Å².